The van der Waals surface area contributed by atoms with Gasteiger partial charge in [0.1, 0.15) is 25.5 Å². The summed E-state index contributed by atoms with van der Waals surface area (Å²) in [7, 11) is 0. The number of esters is 1. The van der Waals surface area contributed by atoms with E-state index >= 15 is 0 Å². The third kappa shape index (κ3) is 6.82. The maximum Gasteiger partial charge on any atom is 0.416 e. The average Bonchev–Trinajstić information content (AvgIpc) is 2.64. The molecule has 0 aliphatic rings. The van der Waals surface area contributed by atoms with Crippen molar-refractivity contribution in [3.05, 3.63) is 64.7 Å². The van der Waals surface area contributed by atoms with Crippen LogP contribution in [0.4, 0.5) is 13.2 Å². The van der Waals surface area contributed by atoms with E-state index in [4.69, 9.17) is 21.1 Å². The highest BCUT2D eigenvalue weighted by Gasteiger charge is 2.30. The van der Waals surface area contributed by atoms with Crippen LogP contribution < -0.4 is 10.1 Å². The number of halogens is 4. The van der Waals surface area contributed by atoms with Crippen molar-refractivity contribution in [2.24, 2.45) is 0 Å². The maximum atomic E-state index is 12.5. The molecule has 9 heteroatoms. The van der Waals surface area contributed by atoms with Gasteiger partial charge in [-0.15, -0.1) is 0 Å². The predicted octanol–water partition coefficient (Wildman–Crippen LogP) is 3.71. The van der Waals surface area contributed by atoms with E-state index < -0.39 is 30.2 Å². The fourth-order valence-corrected chi connectivity index (χ4v) is 2.09. The molecule has 0 spiro atoms. The van der Waals surface area contributed by atoms with E-state index in [0.717, 1.165) is 24.3 Å². The second kappa shape index (κ2) is 9.27. The van der Waals surface area contributed by atoms with E-state index in [0.29, 0.717) is 10.8 Å². The van der Waals surface area contributed by atoms with Crippen molar-refractivity contribution in [1.29, 1.82) is 0 Å². The number of carbonyl (C=O) groups is 2. The molecule has 0 aliphatic carbocycles. The van der Waals surface area contributed by atoms with E-state index in [-0.39, 0.29) is 18.8 Å². The summed E-state index contributed by atoms with van der Waals surface area (Å²) in [6.45, 7) is -0.335. The molecule has 0 aromatic heterocycles. The Morgan fingerprint density at radius 3 is 2.19 bits per heavy atom. The van der Waals surface area contributed by atoms with Crippen LogP contribution in [0.5, 0.6) is 5.75 Å². The molecule has 1 N–H and O–H groups in total. The summed E-state index contributed by atoms with van der Waals surface area (Å²) >= 11 is 5.74. The number of amides is 1. The molecule has 0 bridgehead atoms. The van der Waals surface area contributed by atoms with Gasteiger partial charge in [-0.3, -0.25) is 9.59 Å². The molecule has 27 heavy (non-hydrogen) atoms. The van der Waals surface area contributed by atoms with Crippen LogP contribution in [-0.4, -0.2) is 31.6 Å². The van der Waals surface area contributed by atoms with E-state index in [1.807, 2.05) is 0 Å². The van der Waals surface area contributed by atoms with Gasteiger partial charge in [-0.2, -0.15) is 13.2 Å². The lowest BCUT2D eigenvalue weighted by atomic mass is 10.1. The van der Waals surface area contributed by atoms with Crippen LogP contribution in [0.3, 0.4) is 0 Å². The lowest BCUT2D eigenvalue weighted by Crippen LogP contribution is -2.31. The molecule has 5 nitrogen and oxygen atoms in total. The number of alkyl halides is 3. The predicted molar refractivity (Wildman–Crippen MR) is 91.7 cm³/mol. The minimum absolute atomic E-state index is 0.00173. The Balaban J connectivity index is 1.68. The van der Waals surface area contributed by atoms with Gasteiger partial charge in [-0.1, -0.05) is 11.6 Å². The summed E-state index contributed by atoms with van der Waals surface area (Å²) < 4.78 is 47.6. The second-order valence-electron chi connectivity index (χ2n) is 5.28. The van der Waals surface area contributed by atoms with Crippen molar-refractivity contribution in [1.82, 2.24) is 5.32 Å². The average molecular weight is 402 g/mol. The first-order valence-corrected chi connectivity index (χ1v) is 8.13. The molecule has 0 saturated carbocycles. The molecule has 1 amide bonds. The third-order valence-corrected chi connectivity index (χ3v) is 3.55. The van der Waals surface area contributed by atoms with Gasteiger partial charge in [0.05, 0.1) is 5.56 Å². The van der Waals surface area contributed by atoms with Crippen molar-refractivity contribution in [2.45, 2.75) is 6.18 Å². The monoisotopic (exact) mass is 401 g/mol. The Kier molecular flexibility index (Phi) is 7.06. The SMILES string of the molecule is O=C(CNC(=O)c1ccc(C(F)(F)F)cc1)OCCOc1ccc(Cl)cc1. The molecular weight excluding hydrogens is 387 g/mol. The fourth-order valence-electron chi connectivity index (χ4n) is 1.96. The quantitative estimate of drug-likeness (QED) is 0.567. The Hall–Kier alpha value is -2.74. The van der Waals surface area contributed by atoms with Crippen LogP contribution in [-0.2, 0) is 15.7 Å². The molecule has 0 radical (unpaired) electrons. The second-order valence-corrected chi connectivity index (χ2v) is 5.72. The van der Waals surface area contributed by atoms with Gasteiger partial charge < -0.3 is 14.8 Å². The highest BCUT2D eigenvalue weighted by Crippen LogP contribution is 2.29. The van der Waals surface area contributed by atoms with Gasteiger partial charge in [0, 0.05) is 10.6 Å². The molecule has 0 aliphatic heterocycles. The van der Waals surface area contributed by atoms with Gasteiger partial charge in [0.25, 0.3) is 5.91 Å². The number of rotatable bonds is 7. The number of hydrogen-bond donors (Lipinski definition) is 1. The van der Waals surface area contributed by atoms with Gasteiger partial charge in [-0.25, -0.2) is 0 Å². The minimum atomic E-state index is -4.48. The highest BCUT2D eigenvalue weighted by molar-refractivity contribution is 6.30. The highest BCUT2D eigenvalue weighted by atomic mass is 35.5. The van der Waals surface area contributed by atoms with Crippen molar-refractivity contribution in [3.8, 4) is 5.75 Å². The lowest BCUT2D eigenvalue weighted by Gasteiger charge is -2.09. The van der Waals surface area contributed by atoms with Crippen molar-refractivity contribution in [3.63, 3.8) is 0 Å². The van der Waals surface area contributed by atoms with Crippen LogP contribution >= 0.6 is 11.6 Å². The van der Waals surface area contributed by atoms with Gasteiger partial charge in [-0.05, 0) is 48.5 Å². The van der Waals surface area contributed by atoms with Crippen LogP contribution in [0.15, 0.2) is 48.5 Å². The number of hydrogen-bond acceptors (Lipinski definition) is 4. The zero-order valence-corrected chi connectivity index (χ0v) is 14.6. The van der Waals surface area contributed by atoms with E-state index in [1.165, 1.54) is 0 Å². The number of carbonyl (C=O) groups excluding carboxylic acids is 2. The first-order chi connectivity index (χ1) is 12.8. The van der Waals surface area contributed by atoms with Gasteiger partial charge >= 0.3 is 12.1 Å². The van der Waals surface area contributed by atoms with Gasteiger partial charge in [0.15, 0.2) is 0 Å². The maximum absolute atomic E-state index is 12.5. The fraction of sp³-hybridized carbons (Fsp3) is 0.222. The van der Waals surface area contributed by atoms with Gasteiger partial charge in [0.2, 0.25) is 0 Å². The molecule has 2 aromatic carbocycles. The molecule has 2 rings (SSSR count). The molecule has 0 fully saturated rings. The molecule has 0 atom stereocenters. The summed E-state index contributed by atoms with van der Waals surface area (Å²) in [6.07, 6.45) is -4.48. The van der Waals surface area contributed by atoms with E-state index in [9.17, 15) is 22.8 Å². The summed E-state index contributed by atoms with van der Waals surface area (Å²) in [5, 5.41) is 2.84. The zero-order chi connectivity index (χ0) is 19.9. The molecular formula is C18H15ClF3NO4. The first-order valence-electron chi connectivity index (χ1n) is 7.75. The van der Waals surface area contributed by atoms with Crippen LogP contribution in [0.25, 0.3) is 0 Å². The smallest absolute Gasteiger partial charge is 0.416 e. The summed E-state index contributed by atoms with van der Waals surface area (Å²) in [4.78, 5) is 23.4. The topological polar surface area (TPSA) is 64.6 Å². The van der Waals surface area contributed by atoms with E-state index in [1.54, 1.807) is 24.3 Å². The normalized spacial score (nSPS) is 11.0. The zero-order valence-electron chi connectivity index (χ0n) is 13.9. The molecule has 144 valence electrons. The molecule has 0 saturated heterocycles. The Morgan fingerprint density at radius 1 is 0.963 bits per heavy atom. The first kappa shape index (κ1) is 20.6. The van der Waals surface area contributed by atoms with Crippen LogP contribution in [0.2, 0.25) is 5.02 Å². The Bertz CT molecular complexity index is 777. The van der Waals surface area contributed by atoms with Crippen LogP contribution in [0, 0.1) is 0 Å². The Labute approximate surface area is 158 Å². The van der Waals surface area contributed by atoms with Crippen molar-refractivity contribution >= 4 is 23.5 Å². The summed E-state index contributed by atoms with van der Waals surface area (Å²) in [5.74, 6) is -0.820. The lowest BCUT2D eigenvalue weighted by molar-refractivity contribution is -0.143. The molecule has 0 heterocycles. The van der Waals surface area contributed by atoms with E-state index in [2.05, 4.69) is 5.32 Å². The molecule has 2 aromatic rings. The number of benzene rings is 2. The van der Waals surface area contributed by atoms with Crippen molar-refractivity contribution in [2.75, 3.05) is 19.8 Å². The van der Waals surface area contributed by atoms with Crippen molar-refractivity contribution < 1.29 is 32.2 Å². The largest absolute Gasteiger partial charge is 0.490 e. The van der Waals surface area contributed by atoms with Crippen LogP contribution in [0.1, 0.15) is 15.9 Å². The number of nitrogens with one attached hydrogen (secondary N) is 1. The standard InChI is InChI=1S/C18H15ClF3NO4/c19-14-5-7-15(8-6-14)26-9-10-27-16(24)11-23-17(25)12-1-3-13(4-2-12)18(20,21)22/h1-8H,9-11H2,(H,23,25). The number of ether oxygens (including phenoxy) is 2. The minimum Gasteiger partial charge on any atom is -0.490 e. The molecule has 0 unspecified atom stereocenters. The summed E-state index contributed by atoms with van der Waals surface area (Å²) in [5.41, 5.74) is -0.860. The third-order valence-electron chi connectivity index (χ3n) is 3.30. The summed E-state index contributed by atoms with van der Waals surface area (Å²) in [6, 6.07) is 10.3. The Morgan fingerprint density at radius 2 is 1.59 bits per heavy atom.